The van der Waals surface area contributed by atoms with Crippen molar-refractivity contribution in [2.24, 2.45) is 0 Å². The molecule has 0 atom stereocenters. The molecular weight excluding hydrogens is 292 g/mol. The minimum absolute atomic E-state index is 0.151. The summed E-state index contributed by atoms with van der Waals surface area (Å²) in [6, 6.07) is 11.4. The van der Waals surface area contributed by atoms with Crippen LogP contribution in [0.1, 0.15) is 36.1 Å². The number of benzene rings is 1. The molecule has 0 unspecified atom stereocenters. The maximum absolute atomic E-state index is 12.5. The van der Waals surface area contributed by atoms with Gasteiger partial charge in [-0.1, -0.05) is 18.2 Å². The van der Waals surface area contributed by atoms with Crippen molar-refractivity contribution in [2.75, 3.05) is 5.32 Å². The lowest BCUT2D eigenvalue weighted by atomic mass is 10.2. The van der Waals surface area contributed by atoms with Crippen LogP contribution in [-0.4, -0.2) is 20.7 Å². The van der Waals surface area contributed by atoms with Gasteiger partial charge < -0.3 is 9.73 Å². The highest BCUT2D eigenvalue weighted by molar-refractivity contribution is 6.03. The Hall–Kier alpha value is -2.89. The van der Waals surface area contributed by atoms with Gasteiger partial charge in [0, 0.05) is 17.7 Å². The number of aryl methyl sites for hydroxylation is 1. The highest BCUT2D eigenvalue weighted by atomic mass is 16.4. The number of nitrogens with one attached hydrogen (secondary N) is 1. The summed E-state index contributed by atoms with van der Waals surface area (Å²) in [5.41, 5.74) is 1.11. The van der Waals surface area contributed by atoms with Crippen molar-refractivity contribution in [1.29, 1.82) is 0 Å². The van der Waals surface area contributed by atoms with Crippen molar-refractivity contribution in [3.8, 4) is 11.5 Å². The standard InChI is InChI=1S/C17H18N4O2/c1-11(2)21-14(9-10-18-21)19-16(22)15-12(3)23-17(20-15)13-7-5-4-6-8-13/h4-11H,1-3H3,(H,19,22). The normalized spacial score (nSPS) is 11.0. The predicted octanol–water partition coefficient (Wildman–Crippen LogP) is 3.68. The Morgan fingerprint density at radius 3 is 2.65 bits per heavy atom. The number of hydrogen-bond donors (Lipinski definition) is 1. The third kappa shape index (κ3) is 3.01. The topological polar surface area (TPSA) is 73.0 Å². The molecular formula is C17H18N4O2. The molecule has 0 radical (unpaired) electrons. The molecule has 1 N–H and O–H groups in total. The average Bonchev–Trinajstić information content (AvgIpc) is 3.14. The van der Waals surface area contributed by atoms with Crippen LogP contribution in [0.25, 0.3) is 11.5 Å². The number of anilines is 1. The summed E-state index contributed by atoms with van der Waals surface area (Å²) in [4.78, 5) is 16.8. The highest BCUT2D eigenvalue weighted by Crippen LogP contribution is 2.22. The monoisotopic (exact) mass is 310 g/mol. The number of nitrogens with zero attached hydrogens (tertiary/aromatic N) is 3. The van der Waals surface area contributed by atoms with Gasteiger partial charge in [-0.2, -0.15) is 5.10 Å². The molecule has 3 rings (SSSR count). The van der Waals surface area contributed by atoms with Crippen LogP contribution in [0, 0.1) is 6.92 Å². The van der Waals surface area contributed by atoms with Crippen molar-refractivity contribution >= 4 is 11.7 Å². The van der Waals surface area contributed by atoms with Crippen LogP contribution in [0.3, 0.4) is 0 Å². The summed E-state index contributed by atoms with van der Waals surface area (Å²) < 4.78 is 7.37. The quantitative estimate of drug-likeness (QED) is 0.798. The third-order valence-electron chi connectivity index (χ3n) is 3.43. The van der Waals surface area contributed by atoms with E-state index in [1.54, 1.807) is 23.9 Å². The van der Waals surface area contributed by atoms with E-state index < -0.39 is 0 Å². The minimum Gasteiger partial charge on any atom is -0.441 e. The van der Waals surface area contributed by atoms with Crippen LogP contribution in [0.15, 0.2) is 47.0 Å². The Kier molecular flexibility index (Phi) is 3.97. The van der Waals surface area contributed by atoms with Crippen LogP contribution in [0.5, 0.6) is 0 Å². The predicted molar refractivity (Wildman–Crippen MR) is 87.2 cm³/mol. The second-order valence-corrected chi connectivity index (χ2v) is 5.50. The molecule has 0 saturated carbocycles. The number of carbonyl (C=O) groups excluding carboxylic acids is 1. The van der Waals surface area contributed by atoms with Gasteiger partial charge in [-0.25, -0.2) is 9.67 Å². The summed E-state index contributed by atoms with van der Waals surface area (Å²) in [6.07, 6.45) is 1.65. The van der Waals surface area contributed by atoms with Gasteiger partial charge in [-0.15, -0.1) is 0 Å². The smallest absolute Gasteiger partial charge is 0.279 e. The van der Waals surface area contributed by atoms with Gasteiger partial charge in [-0.3, -0.25) is 4.79 Å². The van der Waals surface area contributed by atoms with E-state index in [1.807, 2.05) is 44.2 Å². The second kappa shape index (κ2) is 6.08. The molecule has 6 heteroatoms. The van der Waals surface area contributed by atoms with Gasteiger partial charge in [0.2, 0.25) is 5.89 Å². The van der Waals surface area contributed by atoms with Gasteiger partial charge in [-0.05, 0) is 32.9 Å². The van der Waals surface area contributed by atoms with Crippen LogP contribution < -0.4 is 5.32 Å². The van der Waals surface area contributed by atoms with E-state index in [0.717, 1.165) is 5.56 Å². The van der Waals surface area contributed by atoms with Crippen molar-refractivity contribution in [2.45, 2.75) is 26.8 Å². The van der Waals surface area contributed by atoms with Crippen molar-refractivity contribution < 1.29 is 9.21 Å². The van der Waals surface area contributed by atoms with Crippen molar-refractivity contribution in [3.05, 3.63) is 54.0 Å². The van der Waals surface area contributed by atoms with Crippen LogP contribution >= 0.6 is 0 Å². The van der Waals surface area contributed by atoms with E-state index in [0.29, 0.717) is 17.5 Å². The summed E-state index contributed by atoms with van der Waals surface area (Å²) in [7, 11) is 0. The summed E-state index contributed by atoms with van der Waals surface area (Å²) >= 11 is 0. The molecule has 23 heavy (non-hydrogen) atoms. The Labute approximate surface area is 134 Å². The first-order chi connectivity index (χ1) is 11.1. The summed E-state index contributed by atoms with van der Waals surface area (Å²) in [6.45, 7) is 5.73. The zero-order valence-corrected chi connectivity index (χ0v) is 13.3. The Morgan fingerprint density at radius 2 is 1.96 bits per heavy atom. The van der Waals surface area contributed by atoms with E-state index in [2.05, 4.69) is 15.4 Å². The fourth-order valence-corrected chi connectivity index (χ4v) is 2.31. The lowest BCUT2D eigenvalue weighted by Gasteiger charge is -2.10. The molecule has 0 spiro atoms. The first kappa shape index (κ1) is 15.0. The number of oxazole rings is 1. The largest absolute Gasteiger partial charge is 0.441 e. The van der Waals surface area contributed by atoms with Crippen LogP contribution in [0.2, 0.25) is 0 Å². The minimum atomic E-state index is -0.309. The first-order valence-corrected chi connectivity index (χ1v) is 7.44. The first-order valence-electron chi connectivity index (χ1n) is 7.44. The second-order valence-electron chi connectivity index (χ2n) is 5.50. The van der Waals surface area contributed by atoms with Crippen LogP contribution in [-0.2, 0) is 0 Å². The SMILES string of the molecule is Cc1oc(-c2ccccc2)nc1C(=O)Nc1ccnn1C(C)C. The fourth-order valence-electron chi connectivity index (χ4n) is 2.31. The maximum Gasteiger partial charge on any atom is 0.279 e. The van der Waals surface area contributed by atoms with E-state index in [4.69, 9.17) is 4.42 Å². The fraction of sp³-hybridized carbons (Fsp3) is 0.235. The summed E-state index contributed by atoms with van der Waals surface area (Å²) in [5, 5.41) is 7.03. The molecule has 0 aliphatic heterocycles. The number of rotatable bonds is 4. The zero-order chi connectivity index (χ0) is 16.4. The van der Waals surface area contributed by atoms with Gasteiger partial charge in [0.25, 0.3) is 5.91 Å². The zero-order valence-electron chi connectivity index (χ0n) is 13.3. The number of carbonyl (C=O) groups is 1. The lowest BCUT2D eigenvalue weighted by molar-refractivity contribution is 0.102. The number of aromatic nitrogens is 3. The number of hydrogen-bond acceptors (Lipinski definition) is 4. The molecule has 0 bridgehead atoms. The highest BCUT2D eigenvalue weighted by Gasteiger charge is 2.19. The Bertz CT molecular complexity index is 818. The van der Waals surface area contributed by atoms with Gasteiger partial charge in [0.15, 0.2) is 5.69 Å². The molecule has 0 aliphatic rings. The molecule has 0 aliphatic carbocycles. The lowest BCUT2D eigenvalue weighted by Crippen LogP contribution is -2.17. The molecule has 0 saturated heterocycles. The average molecular weight is 310 g/mol. The van der Waals surface area contributed by atoms with E-state index in [1.165, 1.54) is 0 Å². The maximum atomic E-state index is 12.5. The van der Waals surface area contributed by atoms with Crippen molar-refractivity contribution in [1.82, 2.24) is 14.8 Å². The van der Waals surface area contributed by atoms with Gasteiger partial charge >= 0.3 is 0 Å². The van der Waals surface area contributed by atoms with Crippen molar-refractivity contribution in [3.63, 3.8) is 0 Å². The van der Waals surface area contributed by atoms with E-state index in [-0.39, 0.29) is 17.6 Å². The summed E-state index contributed by atoms with van der Waals surface area (Å²) in [5.74, 6) is 1.24. The Balaban J connectivity index is 1.86. The van der Waals surface area contributed by atoms with E-state index in [9.17, 15) is 4.79 Å². The molecule has 2 heterocycles. The molecule has 1 aromatic carbocycles. The molecule has 6 nitrogen and oxygen atoms in total. The van der Waals surface area contributed by atoms with Crippen LogP contribution in [0.4, 0.5) is 5.82 Å². The third-order valence-corrected chi connectivity index (χ3v) is 3.43. The molecule has 0 fully saturated rings. The van der Waals surface area contributed by atoms with Gasteiger partial charge in [0.05, 0.1) is 6.20 Å². The molecule has 118 valence electrons. The number of amides is 1. The molecule has 3 aromatic rings. The van der Waals surface area contributed by atoms with E-state index >= 15 is 0 Å². The molecule has 2 aromatic heterocycles. The molecule has 1 amide bonds. The van der Waals surface area contributed by atoms with Gasteiger partial charge in [0.1, 0.15) is 11.6 Å². The Morgan fingerprint density at radius 1 is 1.22 bits per heavy atom.